The molecule has 0 bridgehead atoms. The minimum absolute atomic E-state index is 0.0510. The highest BCUT2D eigenvalue weighted by Gasteiger charge is 2.19. The third-order valence-corrected chi connectivity index (χ3v) is 5.29. The third kappa shape index (κ3) is 5.16. The van der Waals surface area contributed by atoms with Crippen molar-refractivity contribution in [2.24, 2.45) is 0 Å². The second-order valence-electron chi connectivity index (χ2n) is 7.63. The number of ether oxygens (including phenoxy) is 2. The van der Waals surface area contributed by atoms with Crippen molar-refractivity contribution in [3.63, 3.8) is 0 Å². The maximum absolute atomic E-state index is 12.6. The van der Waals surface area contributed by atoms with Gasteiger partial charge in [-0.25, -0.2) is 9.67 Å². The standard InChI is InChI=1S/C23H29N5O4/c1-6-14(2)26-22(29)15(3)27-23(30)18-9-17-12-25-28(21(17)24-11-18)13-16-7-8-19(31-4)10-20(16)32-5/h7-12,14-15H,6,13H2,1-5H3,(H,26,29)(H,27,30). The second-order valence-corrected chi connectivity index (χ2v) is 7.63. The molecule has 2 amide bonds. The van der Waals surface area contributed by atoms with Crippen LogP contribution in [0.15, 0.2) is 36.7 Å². The predicted octanol–water partition coefficient (Wildman–Crippen LogP) is 2.53. The van der Waals surface area contributed by atoms with E-state index in [2.05, 4.69) is 20.7 Å². The molecule has 1 aromatic carbocycles. The summed E-state index contributed by atoms with van der Waals surface area (Å²) >= 11 is 0. The first-order valence-corrected chi connectivity index (χ1v) is 10.5. The molecule has 170 valence electrons. The van der Waals surface area contributed by atoms with Crippen molar-refractivity contribution in [1.82, 2.24) is 25.4 Å². The van der Waals surface area contributed by atoms with Crippen LogP contribution in [0.3, 0.4) is 0 Å². The summed E-state index contributed by atoms with van der Waals surface area (Å²) in [6.45, 7) is 6.01. The highest BCUT2D eigenvalue weighted by molar-refractivity contribution is 5.99. The summed E-state index contributed by atoms with van der Waals surface area (Å²) in [6.07, 6.45) is 3.97. The van der Waals surface area contributed by atoms with E-state index < -0.39 is 6.04 Å². The lowest BCUT2D eigenvalue weighted by Crippen LogP contribution is -2.47. The maximum Gasteiger partial charge on any atom is 0.253 e. The number of fused-ring (bicyclic) bond motifs is 1. The van der Waals surface area contributed by atoms with E-state index in [9.17, 15) is 9.59 Å². The Morgan fingerprint density at radius 2 is 1.88 bits per heavy atom. The molecule has 0 saturated heterocycles. The van der Waals surface area contributed by atoms with Gasteiger partial charge in [-0.3, -0.25) is 9.59 Å². The van der Waals surface area contributed by atoms with Gasteiger partial charge in [0.2, 0.25) is 5.91 Å². The molecule has 9 nitrogen and oxygen atoms in total. The Morgan fingerprint density at radius 1 is 1.09 bits per heavy atom. The zero-order valence-corrected chi connectivity index (χ0v) is 19.0. The van der Waals surface area contributed by atoms with Crippen LogP contribution in [0.25, 0.3) is 11.0 Å². The molecular formula is C23H29N5O4. The third-order valence-electron chi connectivity index (χ3n) is 5.29. The van der Waals surface area contributed by atoms with E-state index in [0.29, 0.717) is 29.3 Å². The SMILES string of the molecule is CCC(C)NC(=O)C(C)NC(=O)c1cnc2c(cnn2Cc2ccc(OC)cc2OC)c1. The number of hydrogen-bond acceptors (Lipinski definition) is 6. The molecule has 2 aromatic heterocycles. The lowest BCUT2D eigenvalue weighted by atomic mass is 10.2. The van der Waals surface area contributed by atoms with Gasteiger partial charge in [0.05, 0.1) is 32.5 Å². The lowest BCUT2D eigenvalue weighted by molar-refractivity contribution is -0.123. The van der Waals surface area contributed by atoms with Gasteiger partial charge < -0.3 is 20.1 Å². The van der Waals surface area contributed by atoms with Crippen molar-refractivity contribution in [1.29, 1.82) is 0 Å². The van der Waals surface area contributed by atoms with Crippen LogP contribution in [0.1, 0.15) is 43.1 Å². The molecule has 3 rings (SSSR count). The van der Waals surface area contributed by atoms with Crippen molar-refractivity contribution >= 4 is 22.8 Å². The summed E-state index contributed by atoms with van der Waals surface area (Å²) in [4.78, 5) is 29.2. The Hall–Kier alpha value is -3.62. The molecular weight excluding hydrogens is 410 g/mol. The van der Waals surface area contributed by atoms with Crippen LogP contribution in [0.4, 0.5) is 0 Å². The quantitative estimate of drug-likeness (QED) is 0.531. The van der Waals surface area contributed by atoms with Crippen LogP contribution in [0.2, 0.25) is 0 Å². The zero-order valence-electron chi connectivity index (χ0n) is 19.0. The van der Waals surface area contributed by atoms with Gasteiger partial charge in [-0.05, 0) is 38.5 Å². The molecule has 0 aliphatic heterocycles. The van der Waals surface area contributed by atoms with E-state index in [-0.39, 0.29) is 17.9 Å². The van der Waals surface area contributed by atoms with Crippen molar-refractivity contribution < 1.29 is 19.1 Å². The van der Waals surface area contributed by atoms with Gasteiger partial charge in [0.25, 0.3) is 5.91 Å². The average molecular weight is 440 g/mol. The second kappa shape index (κ2) is 10.1. The average Bonchev–Trinajstić information content (AvgIpc) is 3.20. The van der Waals surface area contributed by atoms with Crippen molar-refractivity contribution in [2.75, 3.05) is 14.2 Å². The van der Waals surface area contributed by atoms with Gasteiger partial charge in [-0.1, -0.05) is 6.92 Å². The van der Waals surface area contributed by atoms with Crippen LogP contribution >= 0.6 is 0 Å². The van der Waals surface area contributed by atoms with Crippen LogP contribution in [-0.4, -0.2) is 52.9 Å². The number of hydrogen-bond donors (Lipinski definition) is 2. The topological polar surface area (TPSA) is 107 Å². The van der Waals surface area contributed by atoms with Crippen molar-refractivity contribution in [3.8, 4) is 11.5 Å². The Labute approximate surface area is 187 Å². The predicted molar refractivity (Wildman–Crippen MR) is 121 cm³/mol. The Bertz CT molecular complexity index is 1110. The zero-order chi connectivity index (χ0) is 23.3. The van der Waals surface area contributed by atoms with Crippen LogP contribution < -0.4 is 20.1 Å². The van der Waals surface area contributed by atoms with Gasteiger partial charge in [0.15, 0.2) is 5.65 Å². The molecule has 0 fully saturated rings. The number of nitrogens with zero attached hydrogens (tertiary/aromatic N) is 3. The minimum Gasteiger partial charge on any atom is -0.497 e. The summed E-state index contributed by atoms with van der Waals surface area (Å²) in [5.74, 6) is 0.809. The van der Waals surface area contributed by atoms with Gasteiger partial charge in [-0.2, -0.15) is 5.10 Å². The summed E-state index contributed by atoms with van der Waals surface area (Å²) in [6, 6.07) is 6.70. The van der Waals surface area contributed by atoms with E-state index in [1.54, 1.807) is 38.1 Å². The van der Waals surface area contributed by atoms with E-state index in [1.807, 2.05) is 32.0 Å². The first-order chi connectivity index (χ1) is 15.4. The van der Waals surface area contributed by atoms with Gasteiger partial charge in [-0.15, -0.1) is 0 Å². The summed E-state index contributed by atoms with van der Waals surface area (Å²) in [7, 11) is 3.21. The molecule has 0 radical (unpaired) electrons. The number of rotatable bonds is 9. The number of methoxy groups -OCH3 is 2. The van der Waals surface area contributed by atoms with E-state index >= 15 is 0 Å². The molecule has 2 heterocycles. The number of aromatic nitrogens is 3. The van der Waals surface area contributed by atoms with E-state index in [1.165, 1.54) is 6.20 Å². The largest absolute Gasteiger partial charge is 0.497 e. The van der Waals surface area contributed by atoms with E-state index in [0.717, 1.165) is 17.4 Å². The fraction of sp³-hybridized carbons (Fsp3) is 0.391. The molecule has 2 unspecified atom stereocenters. The van der Waals surface area contributed by atoms with Crippen LogP contribution in [0, 0.1) is 0 Å². The maximum atomic E-state index is 12.6. The van der Waals surface area contributed by atoms with Gasteiger partial charge in [0, 0.05) is 29.3 Å². The smallest absolute Gasteiger partial charge is 0.253 e. The summed E-state index contributed by atoms with van der Waals surface area (Å²) in [5, 5.41) is 10.7. The monoisotopic (exact) mass is 439 g/mol. The fourth-order valence-electron chi connectivity index (χ4n) is 3.17. The molecule has 0 saturated carbocycles. The Morgan fingerprint density at radius 3 is 2.56 bits per heavy atom. The van der Waals surface area contributed by atoms with Crippen molar-refractivity contribution in [3.05, 3.63) is 47.8 Å². The molecule has 9 heteroatoms. The first kappa shape index (κ1) is 23.1. The van der Waals surface area contributed by atoms with Gasteiger partial charge >= 0.3 is 0 Å². The normalized spacial score (nSPS) is 12.8. The molecule has 3 aromatic rings. The highest BCUT2D eigenvalue weighted by Crippen LogP contribution is 2.26. The number of carbonyl (C=O) groups excluding carboxylic acids is 2. The van der Waals surface area contributed by atoms with E-state index in [4.69, 9.17) is 9.47 Å². The van der Waals surface area contributed by atoms with Gasteiger partial charge in [0.1, 0.15) is 17.5 Å². The Balaban J connectivity index is 1.75. The fourth-order valence-corrected chi connectivity index (χ4v) is 3.17. The highest BCUT2D eigenvalue weighted by atomic mass is 16.5. The number of nitrogens with one attached hydrogen (secondary N) is 2. The van der Waals surface area contributed by atoms with Crippen LogP contribution in [-0.2, 0) is 11.3 Å². The number of pyridine rings is 1. The number of carbonyl (C=O) groups is 2. The number of amides is 2. The Kier molecular flexibility index (Phi) is 7.29. The van der Waals surface area contributed by atoms with Crippen LogP contribution in [0.5, 0.6) is 11.5 Å². The molecule has 0 aliphatic rings. The minimum atomic E-state index is -0.655. The number of benzene rings is 1. The molecule has 0 spiro atoms. The molecule has 2 N–H and O–H groups in total. The lowest BCUT2D eigenvalue weighted by Gasteiger charge is -2.17. The van der Waals surface area contributed by atoms with Crippen molar-refractivity contribution in [2.45, 2.75) is 45.8 Å². The summed E-state index contributed by atoms with van der Waals surface area (Å²) < 4.78 is 12.4. The first-order valence-electron chi connectivity index (χ1n) is 10.5. The molecule has 0 aliphatic carbocycles. The summed E-state index contributed by atoms with van der Waals surface area (Å²) in [5.41, 5.74) is 1.92. The molecule has 2 atom stereocenters. The molecule has 32 heavy (non-hydrogen) atoms.